The highest BCUT2D eigenvalue weighted by atomic mass is 17.2. The lowest BCUT2D eigenvalue weighted by molar-refractivity contribution is -0.406. The average molecular weight is 317 g/mol. The number of hydrogen-bond donors (Lipinski definition) is 0. The number of carbonyl (C=O) groups is 2. The average Bonchev–Trinajstić information content (AvgIpc) is 2.83. The second kappa shape index (κ2) is 6.64. The fraction of sp³-hybridized carbons (Fsp3) is 0.444. The van der Waals surface area contributed by atoms with Crippen LogP contribution >= 0.6 is 0 Å². The maximum Gasteiger partial charge on any atom is 0.253 e. The van der Waals surface area contributed by atoms with Gasteiger partial charge in [0, 0.05) is 18.7 Å². The van der Waals surface area contributed by atoms with Crippen molar-refractivity contribution in [3.63, 3.8) is 0 Å². The Morgan fingerprint density at radius 3 is 2.04 bits per heavy atom. The van der Waals surface area contributed by atoms with Crippen molar-refractivity contribution in [2.75, 3.05) is 6.54 Å². The molecule has 0 atom stereocenters. The minimum absolute atomic E-state index is 0.281. The summed E-state index contributed by atoms with van der Waals surface area (Å²) in [5.74, 6) is -0.562. The van der Waals surface area contributed by atoms with Crippen molar-refractivity contribution in [3.05, 3.63) is 48.0 Å². The molecule has 2 rings (SSSR count). The molecule has 0 unspecified atom stereocenters. The van der Waals surface area contributed by atoms with Gasteiger partial charge in [0.15, 0.2) is 0 Å². The first-order chi connectivity index (χ1) is 10.7. The molecular weight excluding hydrogens is 294 g/mol. The lowest BCUT2D eigenvalue weighted by Gasteiger charge is -2.31. The van der Waals surface area contributed by atoms with Crippen molar-refractivity contribution in [2.24, 2.45) is 0 Å². The molecule has 0 aliphatic carbocycles. The predicted molar refractivity (Wildman–Crippen MR) is 86.2 cm³/mol. The Morgan fingerprint density at radius 1 is 0.913 bits per heavy atom. The van der Waals surface area contributed by atoms with E-state index in [0.717, 1.165) is 5.56 Å². The number of amides is 2. The number of hydrogen-bond acceptors (Lipinski definition) is 4. The van der Waals surface area contributed by atoms with Gasteiger partial charge in [-0.1, -0.05) is 30.3 Å². The van der Waals surface area contributed by atoms with Gasteiger partial charge in [0.25, 0.3) is 11.8 Å². The first-order valence-corrected chi connectivity index (χ1v) is 7.67. The van der Waals surface area contributed by atoms with Crippen molar-refractivity contribution in [1.82, 2.24) is 4.90 Å². The van der Waals surface area contributed by atoms with Gasteiger partial charge in [-0.15, -0.1) is 0 Å². The minimum Gasteiger partial charge on any atom is -0.275 e. The molecule has 0 saturated heterocycles. The van der Waals surface area contributed by atoms with E-state index >= 15 is 0 Å². The molecule has 1 aromatic carbocycles. The lowest BCUT2D eigenvalue weighted by atomic mass is 9.99. The molecule has 1 aromatic rings. The van der Waals surface area contributed by atoms with Gasteiger partial charge in [0.2, 0.25) is 0 Å². The van der Waals surface area contributed by atoms with E-state index in [0.29, 0.717) is 13.0 Å². The Balaban J connectivity index is 1.88. The summed E-state index contributed by atoms with van der Waals surface area (Å²) in [6.07, 6.45) is 3.05. The summed E-state index contributed by atoms with van der Waals surface area (Å²) in [5.41, 5.74) is -0.223. The molecule has 0 radical (unpaired) electrons. The highest BCUT2D eigenvalue weighted by molar-refractivity contribution is 6.12. The highest BCUT2D eigenvalue weighted by Crippen LogP contribution is 2.28. The van der Waals surface area contributed by atoms with Crippen LogP contribution in [0.15, 0.2) is 42.5 Å². The van der Waals surface area contributed by atoms with Gasteiger partial charge < -0.3 is 0 Å². The lowest BCUT2D eigenvalue weighted by Crippen LogP contribution is -2.37. The summed E-state index contributed by atoms with van der Waals surface area (Å²) in [6, 6.07) is 9.79. The largest absolute Gasteiger partial charge is 0.275 e. The predicted octanol–water partition coefficient (Wildman–Crippen LogP) is 2.96. The third-order valence-electron chi connectivity index (χ3n) is 3.78. The maximum atomic E-state index is 11.5. The van der Waals surface area contributed by atoms with Gasteiger partial charge in [-0.05, 0) is 39.7 Å². The molecule has 124 valence electrons. The van der Waals surface area contributed by atoms with Crippen LogP contribution in [0, 0.1) is 0 Å². The zero-order chi connectivity index (χ0) is 17.1. The number of imide groups is 1. The minimum atomic E-state index is -0.630. The molecule has 0 aromatic heterocycles. The highest BCUT2D eigenvalue weighted by Gasteiger charge is 2.30. The van der Waals surface area contributed by atoms with E-state index in [-0.39, 0.29) is 11.8 Å². The van der Waals surface area contributed by atoms with Crippen LogP contribution in [-0.4, -0.2) is 28.9 Å². The van der Waals surface area contributed by atoms with Crippen molar-refractivity contribution < 1.29 is 19.4 Å². The molecule has 5 nitrogen and oxygen atoms in total. The zero-order valence-corrected chi connectivity index (χ0v) is 14.0. The molecule has 23 heavy (non-hydrogen) atoms. The first kappa shape index (κ1) is 17.4. The standard InChI is InChI=1S/C18H23NO4/c1-17(2,12-13-19-15(20)10-11-16(19)21)22-23-18(3,4)14-8-6-5-7-9-14/h5-11H,12-13H2,1-4H3. The van der Waals surface area contributed by atoms with E-state index in [4.69, 9.17) is 9.78 Å². The van der Waals surface area contributed by atoms with Crippen LogP contribution in [-0.2, 0) is 25.0 Å². The van der Waals surface area contributed by atoms with Gasteiger partial charge in [-0.3, -0.25) is 14.5 Å². The summed E-state index contributed by atoms with van der Waals surface area (Å²) in [6.45, 7) is 7.89. The molecule has 1 aliphatic rings. The quantitative estimate of drug-likeness (QED) is 0.441. The van der Waals surface area contributed by atoms with Gasteiger partial charge in [0.05, 0.1) is 5.60 Å². The van der Waals surface area contributed by atoms with E-state index in [1.54, 1.807) is 0 Å². The van der Waals surface area contributed by atoms with Crippen LogP contribution in [0.25, 0.3) is 0 Å². The fourth-order valence-electron chi connectivity index (χ4n) is 2.18. The van der Waals surface area contributed by atoms with E-state index in [1.165, 1.54) is 17.1 Å². The van der Waals surface area contributed by atoms with Crippen LogP contribution in [0.2, 0.25) is 0 Å². The molecule has 5 heteroatoms. The summed E-state index contributed by atoms with van der Waals surface area (Å²) in [4.78, 5) is 35.6. The summed E-state index contributed by atoms with van der Waals surface area (Å²) >= 11 is 0. The second-order valence-corrected chi connectivity index (χ2v) is 6.71. The Morgan fingerprint density at radius 2 is 1.48 bits per heavy atom. The van der Waals surface area contributed by atoms with E-state index in [9.17, 15) is 9.59 Å². The Labute approximate surface area is 136 Å². The monoisotopic (exact) mass is 317 g/mol. The topological polar surface area (TPSA) is 55.8 Å². The Hall–Kier alpha value is -1.98. The van der Waals surface area contributed by atoms with Crippen LogP contribution in [0.3, 0.4) is 0 Å². The summed E-state index contributed by atoms with van der Waals surface area (Å²) in [7, 11) is 0. The van der Waals surface area contributed by atoms with Crippen molar-refractivity contribution in [2.45, 2.75) is 45.3 Å². The molecule has 1 heterocycles. The molecule has 0 saturated carbocycles. The molecule has 0 fully saturated rings. The third kappa shape index (κ3) is 4.50. The number of carbonyl (C=O) groups excluding carboxylic acids is 2. The summed E-state index contributed by atoms with van der Waals surface area (Å²) in [5, 5.41) is 0. The maximum absolute atomic E-state index is 11.5. The van der Waals surface area contributed by atoms with Gasteiger partial charge in [-0.25, -0.2) is 9.78 Å². The zero-order valence-electron chi connectivity index (χ0n) is 14.0. The molecular formula is C18H23NO4. The fourth-order valence-corrected chi connectivity index (χ4v) is 2.18. The molecule has 0 spiro atoms. The van der Waals surface area contributed by atoms with E-state index in [2.05, 4.69) is 0 Å². The normalized spacial score (nSPS) is 15.6. The van der Waals surface area contributed by atoms with Crippen molar-refractivity contribution in [1.29, 1.82) is 0 Å². The second-order valence-electron chi connectivity index (χ2n) is 6.71. The SMILES string of the molecule is CC(C)(CCN1C(=O)C=CC1=O)OOC(C)(C)c1ccccc1. The Kier molecular flexibility index (Phi) is 5.02. The van der Waals surface area contributed by atoms with Gasteiger partial charge in [0.1, 0.15) is 5.60 Å². The van der Waals surface area contributed by atoms with E-state index in [1.807, 2.05) is 58.0 Å². The number of rotatable bonds is 7. The Bertz CT molecular complexity index is 587. The molecule has 0 bridgehead atoms. The smallest absolute Gasteiger partial charge is 0.253 e. The third-order valence-corrected chi connectivity index (χ3v) is 3.78. The number of nitrogens with zero attached hydrogens (tertiary/aromatic N) is 1. The summed E-state index contributed by atoms with van der Waals surface area (Å²) < 4.78 is 0. The van der Waals surface area contributed by atoms with Crippen LogP contribution < -0.4 is 0 Å². The van der Waals surface area contributed by atoms with Crippen LogP contribution in [0.5, 0.6) is 0 Å². The molecule has 2 amide bonds. The van der Waals surface area contributed by atoms with Crippen molar-refractivity contribution >= 4 is 11.8 Å². The van der Waals surface area contributed by atoms with Gasteiger partial charge in [-0.2, -0.15) is 0 Å². The van der Waals surface area contributed by atoms with E-state index < -0.39 is 11.2 Å². The molecule has 0 N–H and O–H groups in total. The molecule has 1 aliphatic heterocycles. The van der Waals surface area contributed by atoms with Gasteiger partial charge >= 0.3 is 0 Å². The number of benzene rings is 1. The van der Waals surface area contributed by atoms with Crippen LogP contribution in [0.1, 0.15) is 39.7 Å². The van der Waals surface area contributed by atoms with Crippen molar-refractivity contribution in [3.8, 4) is 0 Å². The first-order valence-electron chi connectivity index (χ1n) is 7.67. The van der Waals surface area contributed by atoms with Crippen LogP contribution in [0.4, 0.5) is 0 Å².